The van der Waals surface area contributed by atoms with Crippen molar-refractivity contribution in [2.75, 3.05) is 13.2 Å². The minimum absolute atomic E-state index is 0.150. The highest BCUT2D eigenvalue weighted by molar-refractivity contribution is 5.58. The second kappa shape index (κ2) is 5.99. The summed E-state index contributed by atoms with van der Waals surface area (Å²) in [5, 5.41) is 19.6. The maximum atomic E-state index is 8.69. The topological polar surface area (TPSA) is 62.0 Å². The predicted octanol–water partition coefficient (Wildman–Crippen LogP) is 1.06. The fraction of sp³-hybridized carbons (Fsp3) is 0.300. The van der Waals surface area contributed by atoms with E-state index < -0.39 is 0 Å². The number of aliphatic hydroxyl groups is 1. The second-order valence-corrected chi connectivity index (χ2v) is 2.73. The smallest absolute Gasteiger partial charge is 0.127 e. The summed E-state index contributed by atoms with van der Waals surface area (Å²) >= 11 is 0. The molecule has 0 saturated heterocycles. The minimum atomic E-state index is 0.150. The third kappa shape index (κ3) is 3.45. The molecule has 0 atom stereocenters. The lowest BCUT2D eigenvalue weighted by molar-refractivity contribution is 0.299. The molecule has 0 aliphatic rings. The third-order valence-corrected chi connectivity index (χ3v) is 1.73. The molecule has 0 bridgehead atoms. The standard InChI is InChI=1S/C10H13NO3/c12-7-5-9-1-3-10(4-2-9)14-8-6-11-13/h1-4,6,12-13H,5,7-8H2/b11-6-. The van der Waals surface area contributed by atoms with Gasteiger partial charge < -0.3 is 15.1 Å². The van der Waals surface area contributed by atoms with Crippen molar-refractivity contribution in [2.45, 2.75) is 6.42 Å². The van der Waals surface area contributed by atoms with Gasteiger partial charge in [-0.05, 0) is 24.1 Å². The van der Waals surface area contributed by atoms with Gasteiger partial charge in [0.25, 0.3) is 0 Å². The molecule has 0 fully saturated rings. The number of oxime groups is 1. The van der Waals surface area contributed by atoms with Gasteiger partial charge in [0.2, 0.25) is 0 Å². The van der Waals surface area contributed by atoms with Crippen LogP contribution in [0.5, 0.6) is 5.75 Å². The number of ether oxygens (including phenoxy) is 1. The Kier molecular flexibility index (Phi) is 4.50. The molecule has 1 aromatic carbocycles. The van der Waals surface area contributed by atoms with E-state index in [0.717, 1.165) is 5.56 Å². The van der Waals surface area contributed by atoms with Crippen molar-refractivity contribution in [3.8, 4) is 5.75 Å². The van der Waals surface area contributed by atoms with E-state index in [1.54, 1.807) is 0 Å². The average Bonchev–Trinajstić information content (AvgIpc) is 2.21. The number of nitrogens with zero attached hydrogens (tertiary/aromatic N) is 1. The van der Waals surface area contributed by atoms with Crippen LogP contribution >= 0.6 is 0 Å². The normalized spacial score (nSPS) is 10.6. The van der Waals surface area contributed by atoms with Gasteiger partial charge in [-0.2, -0.15) is 0 Å². The molecule has 0 radical (unpaired) electrons. The number of benzene rings is 1. The van der Waals surface area contributed by atoms with Gasteiger partial charge in [-0.3, -0.25) is 0 Å². The molecule has 14 heavy (non-hydrogen) atoms. The van der Waals surface area contributed by atoms with Crippen molar-refractivity contribution in [3.63, 3.8) is 0 Å². The van der Waals surface area contributed by atoms with Crippen molar-refractivity contribution in [3.05, 3.63) is 29.8 Å². The molecule has 0 heterocycles. The monoisotopic (exact) mass is 195 g/mol. The fourth-order valence-electron chi connectivity index (χ4n) is 1.05. The van der Waals surface area contributed by atoms with Gasteiger partial charge >= 0.3 is 0 Å². The lowest BCUT2D eigenvalue weighted by Gasteiger charge is -2.03. The Balaban J connectivity index is 2.46. The molecular formula is C10H13NO3. The number of hydrogen-bond donors (Lipinski definition) is 2. The van der Waals surface area contributed by atoms with Crippen LogP contribution in [0.1, 0.15) is 5.56 Å². The SMILES string of the molecule is OCCc1ccc(OC/C=N\O)cc1. The van der Waals surface area contributed by atoms with E-state index in [-0.39, 0.29) is 13.2 Å². The molecule has 0 aliphatic carbocycles. The molecule has 76 valence electrons. The van der Waals surface area contributed by atoms with Crippen LogP contribution in [0.25, 0.3) is 0 Å². The van der Waals surface area contributed by atoms with Crippen LogP contribution in [0.4, 0.5) is 0 Å². The van der Waals surface area contributed by atoms with E-state index in [2.05, 4.69) is 5.16 Å². The predicted molar refractivity (Wildman–Crippen MR) is 53.0 cm³/mol. The summed E-state index contributed by atoms with van der Waals surface area (Å²) in [4.78, 5) is 0. The zero-order chi connectivity index (χ0) is 10.2. The first kappa shape index (κ1) is 10.5. The molecule has 4 heteroatoms. The van der Waals surface area contributed by atoms with Gasteiger partial charge in [0.05, 0.1) is 6.21 Å². The zero-order valence-electron chi connectivity index (χ0n) is 7.76. The van der Waals surface area contributed by atoms with Crippen molar-refractivity contribution in [2.24, 2.45) is 5.16 Å². The molecule has 4 nitrogen and oxygen atoms in total. The molecular weight excluding hydrogens is 182 g/mol. The molecule has 1 aromatic rings. The lowest BCUT2D eigenvalue weighted by Crippen LogP contribution is -1.98. The molecule has 0 amide bonds. The van der Waals surface area contributed by atoms with Gasteiger partial charge in [0.1, 0.15) is 12.4 Å². The Morgan fingerprint density at radius 1 is 1.29 bits per heavy atom. The highest BCUT2D eigenvalue weighted by Crippen LogP contribution is 2.11. The molecule has 1 rings (SSSR count). The van der Waals surface area contributed by atoms with E-state index in [4.69, 9.17) is 15.1 Å². The Hall–Kier alpha value is -1.55. The van der Waals surface area contributed by atoms with Crippen LogP contribution in [0.3, 0.4) is 0 Å². The van der Waals surface area contributed by atoms with E-state index in [9.17, 15) is 0 Å². The van der Waals surface area contributed by atoms with Crippen LogP contribution in [-0.2, 0) is 6.42 Å². The zero-order valence-corrected chi connectivity index (χ0v) is 7.76. The minimum Gasteiger partial charge on any atom is -0.488 e. The first-order valence-electron chi connectivity index (χ1n) is 4.35. The molecule has 0 spiro atoms. The first-order valence-corrected chi connectivity index (χ1v) is 4.35. The Labute approximate surface area is 82.4 Å². The molecule has 0 aliphatic heterocycles. The summed E-state index contributed by atoms with van der Waals surface area (Å²) in [7, 11) is 0. The van der Waals surface area contributed by atoms with Crippen molar-refractivity contribution in [1.82, 2.24) is 0 Å². The van der Waals surface area contributed by atoms with Gasteiger partial charge in [-0.25, -0.2) is 0 Å². The van der Waals surface area contributed by atoms with E-state index in [1.165, 1.54) is 6.21 Å². The summed E-state index contributed by atoms with van der Waals surface area (Å²) in [6.07, 6.45) is 1.92. The molecule has 0 saturated carbocycles. The summed E-state index contributed by atoms with van der Waals surface area (Å²) in [6.45, 7) is 0.396. The highest BCUT2D eigenvalue weighted by atomic mass is 16.5. The average molecular weight is 195 g/mol. The molecule has 0 aromatic heterocycles. The Morgan fingerprint density at radius 2 is 2.00 bits per heavy atom. The van der Waals surface area contributed by atoms with Crippen molar-refractivity contribution >= 4 is 6.21 Å². The lowest BCUT2D eigenvalue weighted by atomic mass is 10.1. The number of hydrogen-bond acceptors (Lipinski definition) is 4. The van der Waals surface area contributed by atoms with E-state index in [0.29, 0.717) is 12.2 Å². The number of rotatable bonds is 5. The van der Waals surface area contributed by atoms with Gasteiger partial charge in [-0.1, -0.05) is 17.3 Å². The number of aliphatic hydroxyl groups excluding tert-OH is 1. The molecule has 2 N–H and O–H groups in total. The quantitative estimate of drug-likeness (QED) is 0.419. The third-order valence-electron chi connectivity index (χ3n) is 1.73. The molecule has 0 unspecified atom stereocenters. The van der Waals surface area contributed by atoms with Crippen LogP contribution in [-0.4, -0.2) is 29.7 Å². The van der Waals surface area contributed by atoms with Gasteiger partial charge in [0, 0.05) is 6.61 Å². The maximum Gasteiger partial charge on any atom is 0.127 e. The van der Waals surface area contributed by atoms with E-state index >= 15 is 0 Å². The van der Waals surface area contributed by atoms with Crippen LogP contribution < -0.4 is 4.74 Å². The largest absolute Gasteiger partial charge is 0.488 e. The fourth-order valence-corrected chi connectivity index (χ4v) is 1.05. The van der Waals surface area contributed by atoms with Crippen LogP contribution in [0.15, 0.2) is 29.4 Å². The summed E-state index contributed by atoms with van der Waals surface area (Å²) < 4.78 is 5.21. The Morgan fingerprint density at radius 3 is 2.57 bits per heavy atom. The maximum absolute atomic E-state index is 8.69. The summed E-state index contributed by atoms with van der Waals surface area (Å²) in [5.41, 5.74) is 1.07. The Bertz CT molecular complexity index is 282. The first-order chi connectivity index (χ1) is 6.86. The second-order valence-electron chi connectivity index (χ2n) is 2.73. The van der Waals surface area contributed by atoms with Crippen LogP contribution in [0, 0.1) is 0 Å². The highest BCUT2D eigenvalue weighted by Gasteiger charge is 1.93. The summed E-state index contributed by atoms with van der Waals surface area (Å²) in [5.74, 6) is 0.714. The van der Waals surface area contributed by atoms with Crippen molar-refractivity contribution < 1.29 is 15.1 Å². The van der Waals surface area contributed by atoms with E-state index in [1.807, 2.05) is 24.3 Å². The summed E-state index contributed by atoms with van der Waals surface area (Å²) in [6, 6.07) is 7.41. The van der Waals surface area contributed by atoms with Crippen molar-refractivity contribution in [1.29, 1.82) is 0 Å². The van der Waals surface area contributed by atoms with Crippen LogP contribution in [0.2, 0.25) is 0 Å². The van der Waals surface area contributed by atoms with Gasteiger partial charge in [0.15, 0.2) is 0 Å². The van der Waals surface area contributed by atoms with Gasteiger partial charge in [-0.15, -0.1) is 0 Å².